The molecule has 0 amide bonds. The third kappa shape index (κ3) is 2.61. The quantitative estimate of drug-likeness (QED) is 0.569. The van der Waals surface area contributed by atoms with Gasteiger partial charge in [-0.15, -0.1) is 0 Å². The molecule has 0 spiro atoms. The Morgan fingerprint density at radius 3 is 2.44 bits per heavy atom. The number of hydrogen-bond acceptors (Lipinski definition) is 0. The molecule has 0 bridgehead atoms. The molecule has 1 aliphatic rings. The summed E-state index contributed by atoms with van der Waals surface area (Å²) in [6.07, 6.45) is 8.60. The average Bonchev–Trinajstić information content (AvgIpc) is 2.34. The molecule has 0 aromatic carbocycles. The zero-order chi connectivity index (χ0) is 6.53. The van der Waals surface area contributed by atoms with Gasteiger partial charge in [0, 0.05) is 5.75 Å². The van der Waals surface area contributed by atoms with Gasteiger partial charge in [-0.3, -0.25) is 0 Å². The summed E-state index contributed by atoms with van der Waals surface area (Å²) in [6, 6.07) is 0. The highest BCUT2D eigenvalue weighted by Crippen LogP contribution is 2.28. The normalized spacial score (nSPS) is 21.0. The number of rotatable bonds is 3. The van der Waals surface area contributed by atoms with Crippen molar-refractivity contribution in [3.05, 3.63) is 0 Å². The van der Waals surface area contributed by atoms with Crippen LogP contribution in [-0.4, -0.2) is 5.75 Å². The molecule has 1 aliphatic carbocycles. The first-order valence-electron chi connectivity index (χ1n) is 4.01. The summed E-state index contributed by atoms with van der Waals surface area (Å²) >= 11 is 4.89. The van der Waals surface area contributed by atoms with Gasteiger partial charge in [-0.25, -0.2) is 0 Å². The standard InChI is InChI=1S/C8H15S/c9-7-3-6-8-4-1-2-5-8/h8H,1-7H2. The molecule has 0 N–H and O–H groups in total. The van der Waals surface area contributed by atoms with E-state index in [0.29, 0.717) is 0 Å². The summed E-state index contributed by atoms with van der Waals surface area (Å²) in [5.41, 5.74) is 0. The molecule has 1 heteroatoms. The summed E-state index contributed by atoms with van der Waals surface area (Å²) in [5, 5.41) is 0. The van der Waals surface area contributed by atoms with E-state index in [1.165, 1.54) is 38.5 Å². The Kier molecular flexibility index (Phi) is 3.49. The van der Waals surface area contributed by atoms with Crippen LogP contribution >= 0.6 is 12.6 Å². The highest BCUT2D eigenvalue weighted by Gasteiger charge is 2.13. The van der Waals surface area contributed by atoms with Crippen molar-refractivity contribution in [2.45, 2.75) is 38.5 Å². The summed E-state index contributed by atoms with van der Waals surface area (Å²) in [5.74, 6) is 2.02. The smallest absolute Gasteiger partial charge is 0.00370 e. The van der Waals surface area contributed by atoms with Crippen molar-refractivity contribution in [3.63, 3.8) is 0 Å². The lowest BCUT2D eigenvalue weighted by atomic mass is 10.0. The molecular weight excluding hydrogens is 128 g/mol. The van der Waals surface area contributed by atoms with Crippen LogP contribution in [0.15, 0.2) is 0 Å². The van der Waals surface area contributed by atoms with Crippen molar-refractivity contribution in [2.24, 2.45) is 5.92 Å². The molecule has 1 radical (unpaired) electrons. The van der Waals surface area contributed by atoms with Gasteiger partial charge in [-0.2, -0.15) is 0 Å². The van der Waals surface area contributed by atoms with Crippen molar-refractivity contribution in [1.82, 2.24) is 0 Å². The molecule has 0 saturated heterocycles. The lowest BCUT2D eigenvalue weighted by Gasteiger charge is -2.04. The average molecular weight is 143 g/mol. The van der Waals surface area contributed by atoms with Gasteiger partial charge in [0.1, 0.15) is 0 Å². The van der Waals surface area contributed by atoms with Crippen molar-refractivity contribution >= 4 is 12.6 Å². The maximum atomic E-state index is 4.89. The zero-order valence-corrected chi connectivity index (χ0v) is 6.75. The molecule has 0 aliphatic heterocycles. The predicted octanol–water partition coefficient (Wildman–Crippen LogP) is 3.15. The minimum absolute atomic E-state index is 0.969. The first kappa shape index (κ1) is 7.46. The molecule has 53 valence electrons. The fourth-order valence-corrected chi connectivity index (χ4v) is 1.84. The highest BCUT2D eigenvalue weighted by molar-refractivity contribution is 7.80. The van der Waals surface area contributed by atoms with Gasteiger partial charge in [0.15, 0.2) is 0 Å². The fourth-order valence-electron chi connectivity index (χ4n) is 1.67. The molecule has 0 aromatic rings. The van der Waals surface area contributed by atoms with Crippen molar-refractivity contribution < 1.29 is 0 Å². The van der Waals surface area contributed by atoms with Crippen LogP contribution in [0.3, 0.4) is 0 Å². The molecule has 0 unspecified atom stereocenters. The Labute approximate surface area is 63.4 Å². The highest BCUT2D eigenvalue weighted by atomic mass is 32.1. The van der Waals surface area contributed by atoms with Gasteiger partial charge in [-0.1, -0.05) is 38.3 Å². The second kappa shape index (κ2) is 4.21. The molecule has 1 saturated carbocycles. The lowest BCUT2D eigenvalue weighted by molar-refractivity contribution is 0.499. The topological polar surface area (TPSA) is 0 Å². The minimum atomic E-state index is 0.969. The van der Waals surface area contributed by atoms with E-state index < -0.39 is 0 Å². The van der Waals surface area contributed by atoms with Crippen molar-refractivity contribution in [3.8, 4) is 0 Å². The van der Waals surface area contributed by atoms with E-state index in [-0.39, 0.29) is 0 Å². The predicted molar refractivity (Wildman–Crippen MR) is 43.7 cm³/mol. The van der Waals surface area contributed by atoms with Gasteiger partial charge in [0.25, 0.3) is 0 Å². The van der Waals surface area contributed by atoms with E-state index in [4.69, 9.17) is 12.6 Å². The SMILES string of the molecule is [S]CCCC1CCCC1. The van der Waals surface area contributed by atoms with E-state index in [0.717, 1.165) is 11.7 Å². The molecule has 1 rings (SSSR count). The second-order valence-electron chi connectivity index (χ2n) is 3.00. The Morgan fingerprint density at radius 2 is 1.89 bits per heavy atom. The first-order chi connectivity index (χ1) is 4.43. The Balaban J connectivity index is 1.98. The second-order valence-corrected chi connectivity index (χ2v) is 3.41. The Hall–Kier alpha value is 0.350. The maximum absolute atomic E-state index is 4.89. The van der Waals surface area contributed by atoms with Crippen LogP contribution < -0.4 is 0 Å². The lowest BCUT2D eigenvalue weighted by Crippen LogP contribution is -1.92. The Bertz CT molecular complexity index is 65.0. The van der Waals surface area contributed by atoms with Gasteiger partial charge in [0.05, 0.1) is 0 Å². The first-order valence-corrected chi connectivity index (χ1v) is 4.59. The van der Waals surface area contributed by atoms with E-state index in [1.54, 1.807) is 0 Å². The van der Waals surface area contributed by atoms with E-state index >= 15 is 0 Å². The van der Waals surface area contributed by atoms with Crippen molar-refractivity contribution in [1.29, 1.82) is 0 Å². The monoisotopic (exact) mass is 143 g/mol. The van der Waals surface area contributed by atoms with Crippen molar-refractivity contribution in [2.75, 3.05) is 5.75 Å². The van der Waals surface area contributed by atoms with E-state index in [2.05, 4.69) is 0 Å². The van der Waals surface area contributed by atoms with Crippen LogP contribution in [0.2, 0.25) is 0 Å². The van der Waals surface area contributed by atoms with Crippen LogP contribution in [-0.2, 0) is 0 Å². The largest absolute Gasteiger partial charge is 0.0942 e. The molecule has 0 aromatic heterocycles. The molecular formula is C8H15S. The molecule has 0 heterocycles. The van der Waals surface area contributed by atoms with Crippen LogP contribution in [0.25, 0.3) is 0 Å². The third-order valence-corrected chi connectivity index (χ3v) is 2.52. The summed E-state index contributed by atoms with van der Waals surface area (Å²) in [6.45, 7) is 0. The molecule has 0 atom stereocenters. The minimum Gasteiger partial charge on any atom is -0.0942 e. The number of hydrogen-bond donors (Lipinski definition) is 0. The fraction of sp³-hybridized carbons (Fsp3) is 1.00. The zero-order valence-electron chi connectivity index (χ0n) is 5.94. The molecule has 0 nitrogen and oxygen atoms in total. The van der Waals surface area contributed by atoms with Crippen LogP contribution in [0.5, 0.6) is 0 Å². The van der Waals surface area contributed by atoms with Crippen LogP contribution in [0.4, 0.5) is 0 Å². The summed E-state index contributed by atoms with van der Waals surface area (Å²) < 4.78 is 0. The van der Waals surface area contributed by atoms with Crippen LogP contribution in [0.1, 0.15) is 38.5 Å². The van der Waals surface area contributed by atoms with Gasteiger partial charge in [0.2, 0.25) is 0 Å². The van der Waals surface area contributed by atoms with Gasteiger partial charge >= 0.3 is 0 Å². The van der Waals surface area contributed by atoms with Gasteiger partial charge in [-0.05, 0) is 18.8 Å². The van der Waals surface area contributed by atoms with Gasteiger partial charge < -0.3 is 0 Å². The molecule has 1 fully saturated rings. The maximum Gasteiger partial charge on any atom is 0.00370 e. The summed E-state index contributed by atoms with van der Waals surface area (Å²) in [7, 11) is 0. The van der Waals surface area contributed by atoms with E-state index in [1.807, 2.05) is 0 Å². The van der Waals surface area contributed by atoms with E-state index in [9.17, 15) is 0 Å². The van der Waals surface area contributed by atoms with Crippen LogP contribution in [0, 0.1) is 5.92 Å². The Morgan fingerprint density at radius 1 is 1.22 bits per heavy atom. The third-order valence-electron chi connectivity index (χ3n) is 2.23. The summed E-state index contributed by atoms with van der Waals surface area (Å²) in [4.78, 5) is 0. The molecule has 9 heavy (non-hydrogen) atoms.